The van der Waals surface area contributed by atoms with E-state index >= 15 is 0 Å². The first kappa shape index (κ1) is 10.9. The smallest absolute Gasteiger partial charge is 0.357 e. The molecule has 2 rings (SSSR count). The number of carbonyl (C=O) groups is 1. The van der Waals surface area contributed by atoms with Gasteiger partial charge in [-0.3, -0.25) is 0 Å². The maximum absolute atomic E-state index is 10.7. The second-order valence-corrected chi connectivity index (χ2v) is 4.22. The van der Waals surface area contributed by atoms with E-state index in [4.69, 9.17) is 9.52 Å². The van der Waals surface area contributed by atoms with Crippen LogP contribution in [-0.2, 0) is 0 Å². The zero-order chi connectivity index (χ0) is 11.7. The standard InChI is InChI=1S/C11H8BrNO3/c1-6-4-7(12)2-3-8(6)10-13-9(5-16-10)11(14)15/h2-5H,1H3,(H,14,15). The molecule has 16 heavy (non-hydrogen) atoms. The summed E-state index contributed by atoms with van der Waals surface area (Å²) in [6.07, 6.45) is 1.14. The summed E-state index contributed by atoms with van der Waals surface area (Å²) in [5.41, 5.74) is 1.67. The molecule has 0 saturated carbocycles. The van der Waals surface area contributed by atoms with Crippen molar-refractivity contribution >= 4 is 21.9 Å². The lowest BCUT2D eigenvalue weighted by atomic mass is 10.1. The fourth-order valence-electron chi connectivity index (χ4n) is 1.36. The molecule has 1 aromatic carbocycles. The lowest BCUT2D eigenvalue weighted by Gasteiger charge is -2.01. The van der Waals surface area contributed by atoms with Gasteiger partial charge in [0.05, 0.1) is 0 Å². The topological polar surface area (TPSA) is 63.3 Å². The SMILES string of the molecule is Cc1cc(Br)ccc1-c1nc(C(=O)O)co1. The van der Waals surface area contributed by atoms with Gasteiger partial charge in [0.15, 0.2) is 5.69 Å². The van der Waals surface area contributed by atoms with Crippen molar-refractivity contribution in [3.63, 3.8) is 0 Å². The molecule has 1 aromatic heterocycles. The Labute approximate surface area is 100 Å². The van der Waals surface area contributed by atoms with Gasteiger partial charge in [-0.05, 0) is 30.7 Å². The normalized spacial score (nSPS) is 10.4. The molecule has 0 radical (unpaired) electrons. The highest BCUT2D eigenvalue weighted by Gasteiger charge is 2.13. The summed E-state index contributed by atoms with van der Waals surface area (Å²) < 4.78 is 6.08. The predicted octanol–water partition coefficient (Wildman–Crippen LogP) is 3.11. The van der Waals surface area contributed by atoms with E-state index in [1.54, 1.807) is 0 Å². The number of nitrogens with zero attached hydrogens (tertiary/aromatic N) is 1. The molecule has 0 spiro atoms. The second-order valence-electron chi connectivity index (χ2n) is 3.30. The van der Waals surface area contributed by atoms with Crippen molar-refractivity contribution < 1.29 is 14.3 Å². The third-order valence-electron chi connectivity index (χ3n) is 2.14. The van der Waals surface area contributed by atoms with Crippen molar-refractivity contribution in [1.82, 2.24) is 4.98 Å². The first-order valence-corrected chi connectivity index (χ1v) is 5.32. The van der Waals surface area contributed by atoms with Crippen LogP contribution in [0.25, 0.3) is 11.5 Å². The number of hydrogen-bond acceptors (Lipinski definition) is 3. The summed E-state index contributed by atoms with van der Waals surface area (Å²) >= 11 is 3.35. The number of aromatic carboxylic acids is 1. The minimum absolute atomic E-state index is 0.0858. The van der Waals surface area contributed by atoms with Crippen molar-refractivity contribution in [2.24, 2.45) is 0 Å². The molecule has 82 valence electrons. The lowest BCUT2D eigenvalue weighted by molar-refractivity contribution is 0.0690. The third kappa shape index (κ3) is 1.99. The Kier molecular flexibility index (Phi) is 2.78. The quantitative estimate of drug-likeness (QED) is 0.919. The van der Waals surface area contributed by atoms with Crippen LogP contribution in [-0.4, -0.2) is 16.1 Å². The van der Waals surface area contributed by atoms with Crippen LogP contribution in [0, 0.1) is 6.92 Å². The minimum Gasteiger partial charge on any atom is -0.476 e. The second kappa shape index (κ2) is 4.09. The van der Waals surface area contributed by atoms with E-state index in [1.165, 1.54) is 0 Å². The molecule has 0 fully saturated rings. The third-order valence-corrected chi connectivity index (χ3v) is 2.64. The Hall–Kier alpha value is -1.62. The molecule has 0 aliphatic rings. The van der Waals surface area contributed by atoms with Gasteiger partial charge in [-0.15, -0.1) is 0 Å². The van der Waals surface area contributed by atoms with E-state index in [-0.39, 0.29) is 5.69 Å². The van der Waals surface area contributed by atoms with Crippen molar-refractivity contribution in [2.75, 3.05) is 0 Å². The van der Waals surface area contributed by atoms with Crippen LogP contribution in [0.5, 0.6) is 0 Å². The molecule has 5 heteroatoms. The molecule has 0 bridgehead atoms. The number of halogens is 1. The van der Waals surface area contributed by atoms with Gasteiger partial charge in [0, 0.05) is 10.0 Å². The fraction of sp³-hybridized carbons (Fsp3) is 0.0909. The number of hydrogen-bond donors (Lipinski definition) is 1. The fourth-order valence-corrected chi connectivity index (χ4v) is 1.84. The van der Waals surface area contributed by atoms with Gasteiger partial charge >= 0.3 is 5.97 Å². The number of oxazole rings is 1. The maximum Gasteiger partial charge on any atom is 0.357 e. The van der Waals surface area contributed by atoms with Crippen molar-refractivity contribution in [3.8, 4) is 11.5 Å². The van der Waals surface area contributed by atoms with E-state index in [9.17, 15) is 4.79 Å². The van der Waals surface area contributed by atoms with Crippen LogP contribution in [0.3, 0.4) is 0 Å². The van der Waals surface area contributed by atoms with E-state index < -0.39 is 5.97 Å². The molecule has 1 heterocycles. The van der Waals surface area contributed by atoms with E-state index in [0.717, 1.165) is 21.9 Å². The Morgan fingerprint density at radius 2 is 2.25 bits per heavy atom. The zero-order valence-corrected chi connectivity index (χ0v) is 9.98. The molecular weight excluding hydrogens is 274 g/mol. The summed E-state index contributed by atoms with van der Waals surface area (Å²) in [5.74, 6) is -0.771. The number of aromatic nitrogens is 1. The Morgan fingerprint density at radius 3 is 2.81 bits per heavy atom. The maximum atomic E-state index is 10.7. The highest BCUT2D eigenvalue weighted by molar-refractivity contribution is 9.10. The molecule has 0 saturated heterocycles. The average molecular weight is 282 g/mol. The van der Waals surface area contributed by atoms with Gasteiger partial charge in [-0.25, -0.2) is 9.78 Å². The summed E-state index contributed by atoms with van der Waals surface area (Å²) in [6, 6.07) is 5.60. The predicted molar refractivity (Wildman–Crippen MR) is 61.3 cm³/mol. The van der Waals surface area contributed by atoms with Crippen molar-refractivity contribution in [2.45, 2.75) is 6.92 Å². The first-order chi connectivity index (χ1) is 7.58. The highest BCUT2D eigenvalue weighted by atomic mass is 79.9. The summed E-state index contributed by atoms with van der Waals surface area (Å²) in [7, 11) is 0. The van der Waals surface area contributed by atoms with Gasteiger partial charge in [0.2, 0.25) is 5.89 Å². The van der Waals surface area contributed by atoms with E-state index in [2.05, 4.69) is 20.9 Å². The zero-order valence-electron chi connectivity index (χ0n) is 8.40. The van der Waals surface area contributed by atoms with Crippen molar-refractivity contribution in [1.29, 1.82) is 0 Å². The Balaban J connectivity index is 2.46. The number of rotatable bonds is 2. The van der Waals surface area contributed by atoms with Gasteiger partial charge in [0.1, 0.15) is 6.26 Å². The molecule has 0 atom stereocenters. The molecular formula is C11H8BrNO3. The molecule has 0 unspecified atom stereocenters. The Bertz CT molecular complexity index is 548. The molecule has 2 aromatic rings. The van der Waals surface area contributed by atoms with Gasteiger partial charge in [-0.2, -0.15) is 0 Å². The number of carboxylic acids is 1. The van der Waals surface area contributed by atoms with Crippen LogP contribution >= 0.6 is 15.9 Å². The molecule has 0 amide bonds. The van der Waals surface area contributed by atoms with Crippen LogP contribution in [0.15, 0.2) is 33.4 Å². The van der Waals surface area contributed by atoms with Crippen molar-refractivity contribution in [3.05, 3.63) is 40.2 Å². The first-order valence-electron chi connectivity index (χ1n) is 4.53. The number of aryl methyl sites for hydroxylation is 1. The van der Waals surface area contributed by atoms with Gasteiger partial charge in [0.25, 0.3) is 0 Å². The summed E-state index contributed by atoms with van der Waals surface area (Å²) in [6.45, 7) is 1.91. The Morgan fingerprint density at radius 1 is 1.50 bits per heavy atom. The number of carboxylic acid groups (broad SMARTS) is 1. The van der Waals surface area contributed by atoms with E-state index in [0.29, 0.717) is 5.89 Å². The molecule has 0 aliphatic carbocycles. The van der Waals surface area contributed by atoms with Crippen LogP contribution in [0.4, 0.5) is 0 Å². The van der Waals surface area contributed by atoms with Crippen LogP contribution in [0.2, 0.25) is 0 Å². The van der Waals surface area contributed by atoms with Crippen LogP contribution in [0.1, 0.15) is 16.1 Å². The number of benzene rings is 1. The molecule has 1 N–H and O–H groups in total. The lowest BCUT2D eigenvalue weighted by Crippen LogP contribution is -1.95. The highest BCUT2D eigenvalue weighted by Crippen LogP contribution is 2.25. The summed E-state index contributed by atoms with van der Waals surface area (Å²) in [4.78, 5) is 14.5. The monoisotopic (exact) mass is 281 g/mol. The van der Waals surface area contributed by atoms with Gasteiger partial charge < -0.3 is 9.52 Å². The van der Waals surface area contributed by atoms with E-state index in [1.807, 2.05) is 25.1 Å². The average Bonchev–Trinajstić information content (AvgIpc) is 2.66. The minimum atomic E-state index is -1.09. The molecule has 4 nitrogen and oxygen atoms in total. The van der Waals surface area contributed by atoms with Crippen LogP contribution < -0.4 is 0 Å². The molecule has 0 aliphatic heterocycles. The largest absolute Gasteiger partial charge is 0.476 e. The van der Waals surface area contributed by atoms with Gasteiger partial charge in [-0.1, -0.05) is 15.9 Å². The summed E-state index contributed by atoms with van der Waals surface area (Å²) in [5, 5.41) is 8.73.